The first-order valence-electron chi connectivity index (χ1n) is 5.44. The molecule has 0 aliphatic heterocycles. The molecule has 0 saturated carbocycles. The average Bonchev–Trinajstić information content (AvgIpc) is 2.34. The molecule has 0 heterocycles. The molecule has 0 spiro atoms. The highest BCUT2D eigenvalue weighted by Crippen LogP contribution is 2.28. The SMILES string of the molecule is OC(Cc1cc(F)ccc1Cl)c1ccccc1Br. The highest BCUT2D eigenvalue weighted by Gasteiger charge is 2.13. The first-order chi connectivity index (χ1) is 8.58. The average molecular weight is 330 g/mol. The zero-order valence-corrected chi connectivity index (χ0v) is 11.7. The maximum atomic E-state index is 13.1. The number of halogens is 3. The Morgan fingerprint density at radius 3 is 2.67 bits per heavy atom. The van der Waals surface area contributed by atoms with Crippen LogP contribution in [0.5, 0.6) is 0 Å². The molecule has 1 atom stereocenters. The van der Waals surface area contributed by atoms with Gasteiger partial charge < -0.3 is 5.11 Å². The second-order valence-electron chi connectivity index (χ2n) is 3.98. The number of hydrogen-bond acceptors (Lipinski definition) is 1. The van der Waals surface area contributed by atoms with Gasteiger partial charge in [-0.05, 0) is 35.4 Å². The van der Waals surface area contributed by atoms with Gasteiger partial charge in [-0.15, -0.1) is 0 Å². The van der Waals surface area contributed by atoms with Crippen LogP contribution >= 0.6 is 27.5 Å². The quantitative estimate of drug-likeness (QED) is 0.878. The van der Waals surface area contributed by atoms with Gasteiger partial charge in [0.1, 0.15) is 5.82 Å². The summed E-state index contributed by atoms with van der Waals surface area (Å²) in [5, 5.41) is 10.6. The fourth-order valence-electron chi connectivity index (χ4n) is 1.76. The van der Waals surface area contributed by atoms with Crippen LogP contribution in [0.25, 0.3) is 0 Å². The predicted molar refractivity (Wildman–Crippen MR) is 74.2 cm³/mol. The minimum Gasteiger partial charge on any atom is -0.388 e. The minimum atomic E-state index is -0.722. The first-order valence-corrected chi connectivity index (χ1v) is 6.61. The lowest BCUT2D eigenvalue weighted by Gasteiger charge is -2.13. The largest absolute Gasteiger partial charge is 0.388 e. The Balaban J connectivity index is 2.24. The molecule has 2 aromatic rings. The van der Waals surface area contributed by atoms with Gasteiger partial charge >= 0.3 is 0 Å². The molecule has 0 bridgehead atoms. The summed E-state index contributed by atoms with van der Waals surface area (Å²) in [6.45, 7) is 0. The summed E-state index contributed by atoms with van der Waals surface area (Å²) in [4.78, 5) is 0. The van der Waals surface area contributed by atoms with E-state index < -0.39 is 6.10 Å². The van der Waals surface area contributed by atoms with E-state index in [-0.39, 0.29) is 12.2 Å². The van der Waals surface area contributed by atoms with E-state index in [0.29, 0.717) is 10.6 Å². The van der Waals surface area contributed by atoms with Gasteiger partial charge in [0, 0.05) is 15.9 Å². The van der Waals surface area contributed by atoms with Gasteiger partial charge in [-0.25, -0.2) is 4.39 Å². The maximum Gasteiger partial charge on any atom is 0.123 e. The normalized spacial score (nSPS) is 12.4. The van der Waals surface area contributed by atoms with Crippen molar-refractivity contribution >= 4 is 27.5 Å². The Morgan fingerprint density at radius 2 is 1.94 bits per heavy atom. The van der Waals surface area contributed by atoms with Gasteiger partial charge in [0.25, 0.3) is 0 Å². The molecular formula is C14H11BrClFO. The van der Waals surface area contributed by atoms with Crippen molar-refractivity contribution in [1.82, 2.24) is 0 Å². The van der Waals surface area contributed by atoms with E-state index >= 15 is 0 Å². The van der Waals surface area contributed by atoms with Crippen molar-refractivity contribution in [2.75, 3.05) is 0 Å². The van der Waals surface area contributed by atoms with Crippen LogP contribution in [-0.2, 0) is 6.42 Å². The summed E-state index contributed by atoms with van der Waals surface area (Å²) in [5.74, 6) is -0.353. The fraction of sp³-hybridized carbons (Fsp3) is 0.143. The van der Waals surface area contributed by atoms with Crippen molar-refractivity contribution in [3.63, 3.8) is 0 Å². The zero-order chi connectivity index (χ0) is 13.1. The van der Waals surface area contributed by atoms with Crippen molar-refractivity contribution in [3.8, 4) is 0 Å². The summed E-state index contributed by atoms with van der Waals surface area (Å²) >= 11 is 9.35. The van der Waals surface area contributed by atoms with E-state index in [2.05, 4.69) is 15.9 Å². The van der Waals surface area contributed by atoms with Crippen LogP contribution in [0.3, 0.4) is 0 Å². The van der Waals surface area contributed by atoms with Crippen molar-refractivity contribution in [2.24, 2.45) is 0 Å². The Labute approximate surface area is 118 Å². The smallest absolute Gasteiger partial charge is 0.123 e. The van der Waals surface area contributed by atoms with E-state index in [9.17, 15) is 9.50 Å². The highest BCUT2D eigenvalue weighted by atomic mass is 79.9. The molecule has 0 saturated heterocycles. The molecule has 1 N–H and O–H groups in total. The molecule has 1 unspecified atom stereocenters. The van der Waals surface area contributed by atoms with E-state index in [1.807, 2.05) is 24.3 Å². The Kier molecular flexibility index (Phi) is 4.38. The molecule has 2 rings (SSSR count). The van der Waals surface area contributed by atoms with E-state index in [1.54, 1.807) is 0 Å². The van der Waals surface area contributed by atoms with Crippen LogP contribution in [0.4, 0.5) is 4.39 Å². The molecule has 1 nitrogen and oxygen atoms in total. The van der Waals surface area contributed by atoms with E-state index in [4.69, 9.17) is 11.6 Å². The molecule has 0 aliphatic carbocycles. The highest BCUT2D eigenvalue weighted by molar-refractivity contribution is 9.10. The van der Waals surface area contributed by atoms with Gasteiger partial charge in [-0.3, -0.25) is 0 Å². The molecule has 0 amide bonds. The molecule has 4 heteroatoms. The lowest BCUT2D eigenvalue weighted by atomic mass is 10.0. The van der Waals surface area contributed by atoms with Crippen LogP contribution in [0.15, 0.2) is 46.9 Å². The second-order valence-corrected chi connectivity index (χ2v) is 5.24. The molecule has 0 fully saturated rings. The van der Waals surface area contributed by atoms with Crippen LogP contribution in [0.1, 0.15) is 17.2 Å². The van der Waals surface area contributed by atoms with Crippen molar-refractivity contribution in [2.45, 2.75) is 12.5 Å². The molecule has 0 aromatic heterocycles. The Hall–Kier alpha value is -0.900. The third-order valence-electron chi connectivity index (χ3n) is 2.69. The van der Waals surface area contributed by atoms with Gasteiger partial charge in [-0.2, -0.15) is 0 Å². The van der Waals surface area contributed by atoms with Gasteiger partial charge in [-0.1, -0.05) is 45.7 Å². The molecule has 2 aromatic carbocycles. The number of aliphatic hydroxyl groups excluding tert-OH is 1. The molecule has 94 valence electrons. The molecule has 0 aliphatic rings. The number of aliphatic hydroxyl groups is 1. The van der Waals surface area contributed by atoms with Crippen LogP contribution in [0, 0.1) is 5.82 Å². The van der Waals surface area contributed by atoms with Crippen LogP contribution in [0.2, 0.25) is 5.02 Å². The number of benzene rings is 2. The first kappa shape index (κ1) is 13.5. The number of hydrogen-bond donors (Lipinski definition) is 1. The van der Waals surface area contributed by atoms with E-state index in [1.165, 1.54) is 18.2 Å². The maximum absolute atomic E-state index is 13.1. The monoisotopic (exact) mass is 328 g/mol. The minimum absolute atomic E-state index is 0.277. The third kappa shape index (κ3) is 3.10. The predicted octanol–water partition coefficient (Wildman–Crippen LogP) is 4.52. The molecule has 18 heavy (non-hydrogen) atoms. The lowest BCUT2D eigenvalue weighted by Crippen LogP contribution is -2.03. The van der Waals surface area contributed by atoms with Crippen molar-refractivity contribution < 1.29 is 9.50 Å². The summed E-state index contributed by atoms with van der Waals surface area (Å²) in [6, 6.07) is 11.5. The van der Waals surface area contributed by atoms with Crippen LogP contribution < -0.4 is 0 Å². The Morgan fingerprint density at radius 1 is 1.22 bits per heavy atom. The summed E-state index contributed by atoms with van der Waals surface area (Å²) < 4.78 is 14.0. The zero-order valence-electron chi connectivity index (χ0n) is 9.41. The van der Waals surface area contributed by atoms with Gasteiger partial charge in [0.05, 0.1) is 6.10 Å². The summed E-state index contributed by atoms with van der Waals surface area (Å²) in [7, 11) is 0. The van der Waals surface area contributed by atoms with Crippen molar-refractivity contribution in [3.05, 3.63) is 68.9 Å². The third-order valence-corrected chi connectivity index (χ3v) is 3.78. The topological polar surface area (TPSA) is 20.2 Å². The van der Waals surface area contributed by atoms with Crippen LogP contribution in [-0.4, -0.2) is 5.11 Å². The Bertz CT molecular complexity index is 559. The van der Waals surface area contributed by atoms with Gasteiger partial charge in [0.2, 0.25) is 0 Å². The summed E-state index contributed by atoms with van der Waals surface area (Å²) in [5.41, 5.74) is 1.36. The second kappa shape index (κ2) is 5.83. The van der Waals surface area contributed by atoms with E-state index in [0.717, 1.165) is 10.0 Å². The lowest BCUT2D eigenvalue weighted by molar-refractivity contribution is 0.177. The molecule has 0 radical (unpaired) electrons. The number of rotatable bonds is 3. The molecular weight excluding hydrogens is 319 g/mol. The fourth-order valence-corrected chi connectivity index (χ4v) is 2.51. The van der Waals surface area contributed by atoms with Gasteiger partial charge in [0.15, 0.2) is 0 Å². The van der Waals surface area contributed by atoms with Crippen molar-refractivity contribution in [1.29, 1.82) is 0 Å². The standard InChI is InChI=1S/C14H11BrClFO/c15-12-4-2-1-3-11(12)14(18)8-9-7-10(17)5-6-13(9)16/h1-7,14,18H,8H2. The summed E-state index contributed by atoms with van der Waals surface area (Å²) in [6.07, 6.45) is -0.445.